The fraction of sp³-hybridized carbons (Fsp3) is 0.700. The summed E-state index contributed by atoms with van der Waals surface area (Å²) >= 11 is 0. The van der Waals surface area contributed by atoms with Crippen molar-refractivity contribution in [2.75, 3.05) is 7.05 Å². The summed E-state index contributed by atoms with van der Waals surface area (Å²) in [6.45, 7) is 7.93. The van der Waals surface area contributed by atoms with Crippen LogP contribution in [0.25, 0.3) is 0 Å². The molecule has 1 rings (SSSR count). The molecule has 1 aromatic heterocycles. The summed E-state index contributed by atoms with van der Waals surface area (Å²) in [4.78, 5) is 0. The second-order valence-electron chi connectivity index (χ2n) is 4.98. The number of nitrogens with zero attached hydrogens (tertiary/aromatic N) is 2. The van der Waals surface area contributed by atoms with Crippen LogP contribution in [0.5, 0.6) is 0 Å². The molecular weight excluding hydrogens is 226 g/mol. The molecular formula is C10H19N3O2S. The van der Waals surface area contributed by atoms with Gasteiger partial charge in [-0.25, -0.2) is 8.42 Å². The minimum absolute atomic E-state index is 0.0965. The molecule has 1 unspecified atom stereocenters. The van der Waals surface area contributed by atoms with E-state index < -0.39 is 10.0 Å². The van der Waals surface area contributed by atoms with E-state index in [2.05, 4.69) is 10.2 Å². The van der Waals surface area contributed by atoms with E-state index in [4.69, 9.17) is 0 Å². The van der Waals surface area contributed by atoms with Crippen molar-refractivity contribution < 1.29 is 8.42 Å². The lowest BCUT2D eigenvalue weighted by atomic mass is 9.88. The van der Waals surface area contributed by atoms with Crippen molar-refractivity contribution in [1.82, 2.24) is 14.5 Å². The summed E-state index contributed by atoms with van der Waals surface area (Å²) in [5, 5.41) is 6.28. The third-order valence-corrected chi connectivity index (χ3v) is 4.79. The summed E-state index contributed by atoms with van der Waals surface area (Å²) in [6, 6.07) is 1.36. The molecule has 0 saturated carbocycles. The fourth-order valence-electron chi connectivity index (χ4n) is 1.30. The molecule has 0 radical (unpaired) electrons. The molecule has 0 amide bonds. The Morgan fingerprint density at radius 1 is 1.44 bits per heavy atom. The van der Waals surface area contributed by atoms with E-state index in [1.165, 1.54) is 16.6 Å². The Labute approximate surface area is 96.9 Å². The summed E-state index contributed by atoms with van der Waals surface area (Å²) < 4.78 is 25.6. The van der Waals surface area contributed by atoms with Gasteiger partial charge < -0.3 is 0 Å². The van der Waals surface area contributed by atoms with Crippen molar-refractivity contribution in [2.24, 2.45) is 5.41 Å². The number of hydrogen-bond donors (Lipinski definition) is 1. The van der Waals surface area contributed by atoms with E-state index in [0.717, 1.165) is 0 Å². The fourth-order valence-corrected chi connectivity index (χ4v) is 2.74. The van der Waals surface area contributed by atoms with Crippen LogP contribution in [0, 0.1) is 5.41 Å². The smallest absolute Gasteiger partial charge is 0.259 e. The molecule has 0 fully saturated rings. The molecule has 1 heterocycles. The predicted octanol–water partition coefficient (Wildman–Crippen LogP) is 1.46. The first kappa shape index (κ1) is 13.2. The number of rotatable bonds is 3. The first-order chi connectivity index (χ1) is 7.17. The standard InChI is InChI=1S/C10H19N3O2S/c1-8(10(2,3)4)13(5)16(14,15)9-6-7-11-12-9/h6-8H,1-5H3,(H,11,12). The van der Waals surface area contributed by atoms with Crippen molar-refractivity contribution in [1.29, 1.82) is 0 Å². The topological polar surface area (TPSA) is 66.1 Å². The van der Waals surface area contributed by atoms with Gasteiger partial charge in [-0.3, -0.25) is 5.10 Å². The highest BCUT2D eigenvalue weighted by molar-refractivity contribution is 7.89. The van der Waals surface area contributed by atoms with Crippen LogP contribution in [0.2, 0.25) is 0 Å². The van der Waals surface area contributed by atoms with Crippen LogP contribution in [0.3, 0.4) is 0 Å². The molecule has 0 saturated heterocycles. The summed E-state index contributed by atoms with van der Waals surface area (Å²) in [5.41, 5.74) is -0.109. The molecule has 1 N–H and O–H groups in total. The van der Waals surface area contributed by atoms with E-state index in [9.17, 15) is 8.42 Å². The predicted molar refractivity (Wildman–Crippen MR) is 62.5 cm³/mol. The van der Waals surface area contributed by atoms with Gasteiger partial charge in [-0.05, 0) is 18.4 Å². The molecule has 0 aliphatic rings. The second kappa shape index (κ2) is 4.18. The first-order valence-corrected chi connectivity index (χ1v) is 6.59. The molecule has 0 aliphatic heterocycles. The molecule has 6 heteroatoms. The molecule has 0 aliphatic carbocycles. The van der Waals surface area contributed by atoms with Gasteiger partial charge in [-0.15, -0.1) is 0 Å². The van der Waals surface area contributed by atoms with Gasteiger partial charge in [0.1, 0.15) is 0 Å². The highest BCUT2D eigenvalue weighted by Gasteiger charge is 2.32. The molecule has 92 valence electrons. The number of hydrogen-bond acceptors (Lipinski definition) is 3. The van der Waals surface area contributed by atoms with Gasteiger partial charge >= 0.3 is 0 Å². The van der Waals surface area contributed by atoms with Gasteiger partial charge in [0, 0.05) is 13.1 Å². The minimum atomic E-state index is -3.46. The van der Waals surface area contributed by atoms with Crippen molar-refractivity contribution in [3.05, 3.63) is 12.3 Å². The molecule has 0 aromatic carbocycles. The maximum Gasteiger partial charge on any atom is 0.259 e. The van der Waals surface area contributed by atoms with E-state index in [1.54, 1.807) is 7.05 Å². The number of H-pyrrole nitrogens is 1. The molecule has 5 nitrogen and oxygen atoms in total. The largest absolute Gasteiger partial charge is 0.266 e. The highest BCUT2D eigenvalue weighted by Crippen LogP contribution is 2.26. The van der Waals surface area contributed by atoms with E-state index in [1.807, 2.05) is 27.7 Å². The molecule has 0 spiro atoms. The SMILES string of the molecule is CC(N(C)S(=O)(=O)c1ccn[nH]1)C(C)(C)C. The van der Waals surface area contributed by atoms with Gasteiger partial charge in [0.05, 0.1) is 6.20 Å². The number of nitrogens with one attached hydrogen (secondary N) is 1. The molecule has 16 heavy (non-hydrogen) atoms. The van der Waals surface area contributed by atoms with E-state index >= 15 is 0 Å². The van der Waals surface area contributed by atoms with Crippen LogP contribution in [0.4, 0.5) is 0 Å². The van der Waals surface area contributed by atoms with Gasteiger partial charge in [0.25, 0.3) is 10.0 Å². The summed E-state index contributed by atoms with van der Waals surface area (Å²) in [6.07, 6.45) is 1.43. The number of aromatic nitrogens is 2. The van der Waals surface area contributed by atoms with E-state index in [0.29, 0.717) is 0 Å². The Bertz CT molecular complexity index is 431. The average Bonchev–Trinajstić information content (AvgIpc) is 2.67. The monoisotopic (exact) mass is 245 g/mol. The second-order valence-corrected chi connectivity index (χ2v) is 6.95. The summed E-state index contributed by atoms with van der Waals surface area (Å²) in [7, 11) is -1.87. The minimum Gasteiger partial charge on any atom is -0.266 e. The Morgan fingerprint density at radius 2 is 2.00 bits per heavy atom. The quantitative estimate of drug-likeness (QED) is 0.876. The van der Waals surface area contributed by atoms with Crippen LogP contribution in [0.15, 0.2) is 17.3 Å². The summed E-state index contributed by atoms with van der Waals surface area (Å²) in [5.74, 6) is 0. The van der Waals surface area contributed by atoms with Crippen LogP contribution in [0.1, 0.15) is 27.7 Å². The Hall–Kier alpha value is -0.880. The zero-order valence-corrected chi connectivity index (χ0v) is 11.2. The third-order valence-electron chi connectivity index (χ3n) is 2.93. The van der Waals surface area contributed by atoms with Crippen molar-refractivity contribution in [2.45, 2.75) is 38.8 Å². The Balaban J connectivity index is 3.03. The van der Waals surface area contributed by atoms with Gasteiger partial charge in [0.2, 0.25) is 0 Å². The zero-order valence-electron chi connectivity index (χ0n) is 10.4. The lowest BCUT2D eigenvalue weighted by Crippen LogP contribution is -2.42. The molecule has 1 atom stereocenters. The average molecular weight is 245 g/mol. The maximum atomic E-state index is 12.1. The molecule has 0 bridgehead atoms. The Kier molecular flexibility index (Phi) is 3.44. The van der Waals surface area contributed by atoms with Crippen LogP contribution >= 0.6 is 0 Å². The third kappa shape index (κ3) is 2.44. The van der Waals surface area contributed by atoms with Crippen LogP contribution in [-0.4, -0.2) is 36.0 Å². The van der Waals surface area contributed by atoms with Gasteiger partial charge in [-0.2, -0.15) is 9.40 Å². The van der Waals surface area contributed by atoms with Gasteiger partial charge in [-0.1, -0.05) is 20.8 Å². The first-order valence-electron chi connectivity index (χ1n) is 5.15. The molecule has 1 aromatic rings. The highest BCUT2D eigenvalue weighted by atomic mass is 32.2. The number of aromatic amines is 1. The Morgan fingerprint density at radius 3 is 2.38 bits per heavy atom. The lowest BCUT2D eigenvalue weighted by molar-refractivity contribution is 0.216. The number of sulfonamides is 1. The lowest BCUT2D eigenvalue weighted by Gasteiger charge is -2.34. The van der Waals surface area contributed by atoms with Gasteiger partial charge in [0.15, 0.2) is 5.03 Å². The van der Waals surface area contributed by atoms with Crippen LogP contribution < -0.4 is 0 Å². The maximum absolute atomic E-state index is 12.1. The van der Waals surface area contributed by atoms with Crippen LogP contribution in [-0.2, 0) is 10.0 Å². The van der Waals surface area contributed by atoms with E-state index in [-0.39, 0.29) is 16.5 Å². The van der Waals surface area contributed by atoms with Crippen molar-refractivity contribution >= 4 is 10.0 Å². The zero-order chi connectivity index (χ0) is 12.6. The normalized spacial score (nSPS) is 15.4. The van der Waals surface area contributed by atoms with Crippen molar-refractivity contribution in [3.63, 3.8) is 0 Å². The van der Waals surface area contributed by atoms with Crippen molar-refractivity contribution in [3.8, 4) is 0 Å².